The summed E-state index contributed by atoms with van der Waals surface area (Å²) in [5.41, 5.74) is 0. The topological polar surface area (TPSA) is 32.7 Å². The Bertz CT molecular complexity index is 401. The molecule has 3 nitrogen and oxygen atoms in total. The zero-order chi connectivity index (χ0) is 13.0. The van der Waals surface area contributed by atoms with Crippen molar-refractivity contribution >= 4 is 23.2 Å². The highest BCUT2D eigenvalue weighted by molar-refractivity contribution is 6.35. The molecular weight excluding hydrogens is 273 g/mol. The molecule has 0 bridgehead atoms. The van der Waals surface area contributed by atoms with Gasteiger partial charge in [-0.1, -0.05) is 23.2 Å². The number of halogens is 2. The van der Waals surface area contributed by atoms with Gasteiger partial charge in [0, 0.05) is 24.7 Å². The summed E-state index contributed by atoms with van der Waals surface area (Å²) in [6.45, 7) is 3.71. The van der Waals surface area contributed by atoms with Gasteiger partial charge in [-0.2, -0.15) is 0 Å². The molecular formula is C13H17Cl2NO2. The van der Waals surface area contributed by atoms with Crippen LogP contribution in [0.1, 0.15) is 6.42 Å². The molecule has 1 saturated heterocycles. The number of benzene rings is 1. The lowest BCUT2D eigenvalue weighted by atomic mass is 10.1. The van der Waals surface area contributed by atoms with Crippen molar-refractivity contribution in [1.29, 1.82) is 0 Å². The molecule has 0 spiro atoms. The van der Waals surface area contributed by atoms with E-state index in [1.807, 2.05) is 0 Å². The first-order valence-corrected chi connectivity index (χ1v) is 6.85. The molecule has 1 heterocycles. The summed E-state index contributed by atoms with van der Waals surface area (Å²) >= 11 is 11.8. The number of aliphatic hydroxyl groups is 1. The maximum atomic E-state index is 9.06. The fourth-order valence-corrected chi connectivity index (χ4v) is 2.60. The highest BCUT2D eigenvalue weighted by Gasteiger charge is 2.21. The van der Waals surface area contributed by atoms with Crippen LogP contribution in [0.15, 0.2) is 18.2 Å². The number of likely N-dealkylation sites (tertiary alicyclic amines) is 1. The Morgan fingerprint density at radius 3 is 2.89 bits per heavy atom. The molecule has 1 aromatic carbocycles. The van der Waals surface area contributed by atoms with Gasteiger partial charge in [0.15, 0.2) is 0 Å². The van der Waals surface area contributed by atoms with Crippen LogP contribution in [0.5, 0.6) is 5.75 Å². The van der Waals surface area contributed by atoms with E-state index in [-0.39, 0.29) is 6.61 Å². The zero-order valence-electron chi connectivity index (χ0n) is 10.1. The Morgan fingerprint density at radius 1 is 1.39 bits per heavy atom. The molecule has 0 amide bonds. The number of rotatable bonds is 5. The summed E-state index contributed by atoms with van der Waals surface area (Å²) in [4.78, 5) is 2.30. The Balaban J connectivity index is 1.75. The Hall–Kier alpha value is -0.480. The minimum atomic E-state index is 0.278. The van der Waals surface area contributed by atoms with E-state index in [9.17, 15) is 0 Å². The van der Waals surface area contributed by atoms with Crippen molar-refractivity contribution in [3.8, 4) is 5.75 Å². The first-order valence-electron chi connectivity index (χ1n) is 6.10. The molecule has 1 unspecified atom stereocenters. The summed E-state index contributed by atoms with van der Waals surface area (Å²) in [5, 5.41) is 10.2. The molecule has 0 aromatic heterocycles. The maximum absolute atomic E-state index is 9.06. The summed E-state index contributed by atoms with van der Waals surface area (Å²) < 4.78 is 5.63. The first kappa shape index (κ1) is 13.9. The Kier molecular flexibility index (Phi) is 5.13. The van der Waals surface area contributed by atoms with Gasteiger partial charge in [-0.15, -0.1) is 0 Å². The predicted molar refractivity (Wildman–Crippen MR) is 73.6 cm³/mol. The lowest BCUT2D eigenvalue weighted by molar-refractivity contribution is 0.204. The van der Waals surface area contributed by atoms with Crippen molar-refractivity contribution in [2.24, 2.45) is 5.92 Å². The minimum Gasteiger partial charge on any atom is -0.491 e. The molecule has 1 N–H and O–H groups in total. The third-order valence-electron chi connectivity index (χ3n) is 3.19. The van der Waals surface area contributed by atoms with Crippen molar-refractivity contribution in [2.75, 3.05) is 32.8 Å². The maximum Gasteiger partial charge on any atom is 0.138 e. The van der Waals surface area contributed by atoms with Crippen molar-refractivity contribution in [3.05, 3.63) is 28.2 Å². The molecule has 0 saturated carbocycles. The number of hydrogen-bond acceptors (Lipinski definition) is 3. The van der Waals surface area contributed by atoms with Gasteiger partial charge < -0.3 is 9.84 Å². The number of hydrogen-bond donors (Lipinski definition) is 1. The summed E-state index contributed by atoms with van der Waals surface area (Å²) in [6, 6.07) is 5.22. The lowest BCUT2D eigenvalue weighted by Gasteiger charge is -2.16. The highest BCUT2D eigenvalue weighted by atomic mass is 35.5. The van der Waals surface area contributed by atoms with E-state index < -0.39 is 0 Å². The summed E-state index contributed by atoms with van der Waals surface area (Å²) in [6.07, 6.45) is 1.07. The molecule has 18 heavy (non-hydrogen) atoms. The Labute approximate surface area is 117 Å². The van der Waals surface area contributed by atoms with Gasteiger partial charge in [0.25, 0.3) is 0 Å². The second-order valence-electron chi connectivity index (χ2n) is 4.56. The van der Waals surface area contributed by atoms with Crippen molar-refractivity contribution in [2.45, 2.75) is 6.42 Å². The SMILES string of the molecule is OCC1CCN(CCOc2ccc(Cl)cc2Cl)C1. The molecule has 100 valence electrons. The van der Waals surface area contributed by atoms with Gasteiger partial charge >= 0.3 is 0 Å². The lowest BCUT2D eigenvalue weighted by Crippen LogP contribution is -2.26. The van der Waals surface area contributed by atoms with Crippen LogP contribution in [0.4, 0.5) is 0 Å². The van der Waals surface area contributed by atoms with Crippen LogP contribution in [0, 0.1) is 5.92 Å². The fraction of sp³-hybridized carbons (Fsp3) is 0.538. The van der Waals surface area contributed by atoms with Crippen LogP contribution in [-0.4, -0.2) is 42.9 Å². The molecule has 1 aliphatic heterocycles. The monoisotopic (exact) mass is 289 g/mol. The van der Waals surface area contributed by atoms with Gasteiger partial charge in [-0.05, 0) is 37.1 Å². The van der Waals surface area contributed by atoms with E-state index in [2.05, 4.69) is 4.90 Å². The van der Waals surface area contributed by atoms with Gasteiger partial charge in [0.2, 0.25) is 0 Å². The van der Waals surface area contributed by atoms with Crippen molar-refractivity contribution in [3.63, 3.8) is 0 Å². The second-order valence-corrected chi connectivity index (χ2v) is 5.40. The molecule has 1 atom stereocenters. The standard InChI is InChI=1S/C13H17Cl2NO2/c14-11-1-2-13(12(15)7-11)18-6-5-16-4-3-10(8-16)9-17/h1-2,7,10,17H,3-6,8-9H2. The van der Waals surface area contributed by atoms with Crippen LogP contribution in [0.2, 0.25) is 10.0 Å². The van der Waals surface area contributed by atoms with E-state index in [4.69, 9.17) is 33.0 Å². The summed E-state index contributed by atoms with van der Waals surface area (Å²) in [5.74, 6) is 1.09. The van der Waals surface area contributed by atoms with Crippen molar-refractivity contribution in [1.82, 2.24) is 4.90 Å². The van der Waals surface area contributed by atoms with Crippen LogP contribution in [0.3, 0.4) is 0 Å². The van der Waals surface area contributed by atoms with E-state index in [1.165, 1.54) is 0 Å². The molecule has 2 rings (SSSR count). The molecule has 1 aromatic rings. The molecule has 0 aliphatic carbocycles. The number of aliphatic hydroxyl groups excluding tert-OH is 1. The minimum absolute atomic E-state index is 0.278. The van der Waals surface area contributed by atoms with E-state index >= 15 is 0 Å². The van der Waals surface area contributed by atoms with Crippen molar-refractivity contribution < 1.29 is 9.84 Å². The van der Waals surface area contributed by atoms with E-state index in [0.29, 0.717) is 28.3 Å². The molecule has 5 heteroatoms. The molecule has 0 radical (unpaired) electrons. The Morgan fingerprint density at radius 2 is 2.22 bits per heavy atom. The third kappa shape index (κ3) is 3.75. The van der Waals surface area contributed by atoms with Gasteiger partial charge in [0.1, 0.15) is 12.4 Å². The van der Waals surface area contributed by atoms with Gasteiger partial charge in [-0.25, -0.2) is 0 Å². The van der Waals surface area contributed by atoms with E-state index in [1.54, 1.807) is 18.2 Å². The highest BCUT2D eigenvalue weighted by Crippen LogP contribution is 2.27. The summed E-state index contributed by atoms with van der Waals surface area (Å²) in [7, 11) is 0. The van der Waals surface area contributed by atoms with Crippen LogP contribution in [-0.2, 0) is 0 Å². The average Bonchev–Trinajstić information content (AvgIpc) is 2.80. The second kappa shape index (κ2) is 6.62. The van der Waals surface area contributed by atoms with Crippen LogP contribution < -0.4 is 4.74 Å². The normalized spacial score (nSPS) is 20.3. The van der Waals surface area contributed by atoms with E-state index in [0.717, 1.165) is 26.1 Å². The molecule has 1 aliphatic rings. The zero-order valence-corrected chi connectivity index (χ0v) is 11.6. The van der Waals surface area contributed by atoms with Crippen LogP contribution in [0.25, 0.3) is 0 Å². The predicted octanol–water partition coefficient (Wildman–Crippen LogP) is 2.69. The smallest absolute Gasteiger partial charge is 0.138 e. The average molecular weight is 290 g/mol. The van der Waals surface area contributed by atoms with Gasteiger partial charge in [0.05, 0.1) is 5.02 Å². The van der Waals surface area contributed by atoms with Gasteiger partial charge in [-0.3, -0.25) is 4.90 Å². The quantitative estimate of drug-likeness (QED) is 0.905. The fourth-order valence-electron chi connectivity index (χ4n) is 2.14. The molecule has 1 fully saturated rings. The number of ether oxygens (including phenoxy) is 1. The largest absolute Gasteiger partial charge is 0.491 e. The first-order chi connectivity index (χ1) is 8.69. The van der Waals surface area contributed by atoms with Crippen LogP contribution >= 0.6 is 23.2 Å². The third-order valence-corrected chi connectivity index (χ3v) is 3.72. The number of nitrogens with zero attached hydrogens (tertiary/aromatic N) is 1.